The lowest BCUT2D eigenvalue weighted by Gasteiger charge is -2.18. The average Bonchev–Trinajstić information content (AvgIpc) is 3.06. The number of non-ortho nitro benzene ring substituents is 1. The molecular weight excluding hydrogens is 376 g/mol. The Morgan fingerprint density at radius 2 is 2.14 bits per heavy atom. The summed E-state index contributed by atoms with van der Waals surface area (Å²) in [6.45, 7) is 2.27. The van der Waals surface area contributed by atoms with Crippen molar-refractivity contribution in [3.63, 3.8) is 0 Å². The molecule has 8 heteroatoms. The van der Waals surface area contributed by atoms with Crippen LogP contribution in [-0.4, -0.2) is 19.9 Å². The van der Waals surface area contributed by atoms with Crippen LogP contribution >= 0.6 is 11.3 Å². The first-order valence-electron chi connectivity index (χ1n) is 9.07. The molecule has 140 valence electrons. The summed E-state index contributed by atoms with van der Waals surface area (Å²) in [4.78, 5) is 26.3. The van der Waals surface area contributed by atoms with Crippen molar-refractivity contribution in [2.24, 2.45) is 5.92 Å². The molecule has 0 amide bonds. The van der Waals surface area contributed by atoms with Crippen molar-refractivity contribution in [1.82, 2.24) is 15.0 Å². The van der Waals surface area contributed by atoms with E-state index < -0.39 is 4.92 Å². The standard InChI is InChI=1S/C20H16N4O3S/c1-11-4-5-13-16(9-11)28-20-17(13)19(22-10-23-20)27-15-7-6-14(24(25)26)12-3-2-8-21-18(12)15/h2-3,6-8,10-11H,4-5,9H2,1H3. The largest absolute Gasteiger partial charge is 0.436 e. The van der Waals surface area contributed by atoms with Gasteiger partial charge in [-0.15, -0.1) is 11.3 Å². The van der Waals surface area contributed by atoms with Crippen LogP contribution < -0.4 is 4.74 Å². The minimum Gasteiger partial charge on any atom is -0.436 e. The number of nitro groups is 1. The van der Waals surface area contributed by atoms with Crippen molar-refractivity contribution in [2.45, 2.75) is 26.2 Å². The molecule has 0 N–H and O–H groups in total. The molecule has 0 saturated carbocycles. The fourth-order valence-corrected chi connectivity index (χ4v) is 5.14. The van der Waals surface area contributed by atoms with Crippen LogP contribution in [0.5, 0.6) is 11.6 Å². The van der Waals surface area contributed by atoms with E-state index in [0.29, 0.717) is 28.5 Å². The van der Waals surface area contributed by atoms with E-state index >= 15 is 0 Å². The number of nitrogens with zero attached hydrogens (tertiary/aromatic N) is 4. The Bertz CT molecular complexity index is 1240. The summed E-state index contributed by atoms with van der Waals surface area (Å²) in [6, 6.07) is 6.39. The summed E-state index contributed by atoms with van der Waals surface area (Å²) in [6.07, 6.45) is 6.28. The van der Waals surface area contributed by atoms with Crippen LogP contribution in [0, 0.1) is 16.0 Å². The molecule has 1 atom stereocenters. The normalized spacial score (nSPS) is 16.2. The molecule has 7 nitrogen and oxygen atoms in total. The van der Waals surface area contributed by atoms with Crippen molar-refractivity contribution in [1.29, 1.82) is 0 Å². The van der Waals surface area contributed by atoms with E-state index in [-0.39, 0.29) is 5.69 Å². The number of pyridine rings is 1. The van der Waals surface area contributed by atoms with Crippen LogP contribution in [0.1, 0.15) is 23.8 Å². The number of rotatable bonds is 3. The summed E-state index contributed by atoms with van der Waals surface area (Å²) in [5.41, 5.74) is 1.72. The van der Waals surface area contributed by atoms with Gasteiger partial charge in [-0.05, 0) is 48.9 Å². The Labute approximate surface area is 164 Å². The summed E-state index contributed by atoms with van der Waals surface area (Å²) in [5.74, 6) is 1.60. The molecule has 0 radical (unpaired) electrons. The van der Waals surface area contributed by atoms with Crippen LogP contribution in [0.2, 0.25) is 0 Å². The van der Waals surface area contributed by atoms with Crippen molar-refractivity contribution in [3.8, 4) is 11.6 Å². The fourth-order valence-electron chi connectivity index (χ4n) is 3.80. The molecule has 1 aliphatic rings. The Hall–Kier alpha value is -3.13. The topological polar surface area (TPSA) is 91.0 Å². The first-order chi connectivity index (χ1) is 13.6. The van der Waals surface area contributed by atoms with Crippen LogP contribution in [0.3, 0.4) is 0 Å². The van der Waals surface area contributed by atoms with Gasteiger partial charge in [-0.2, -0.15) is 0 Å². The van der Waals surface area contributed by atoms with Gasteiger partial charge in [-0.3, -0.25) is 15.1 Å². The number of aromatic nitrogens is 3. The first kappa shape index (κ1) is 17.0. The molecule has 0 fully saturated rings. The lowest BCUT2D eigenvalue weighted by Crippen LogP contribution is -2.08. The quantitative estimate of drug-likeness (QED) is 0.357. The van der Waals surface area contributed by atoms with Crippen molar-refractivity contribution in [2.75, 3.05) is 0 Å². The summed E-state index contributed by atoms with van der Waals surface area (Å²) in [5, 5.41) is 12.7. The minimum atomic E-state index is -0.410. The zero-order chi connectivity index (χ0) is 19.3. The second-order valence-electron chi connectivity index (χ2n) is 7.05. The number of hydrogen-bond donors (Lipinski definition) is 0. The van der Waals surface area contributed by atoms with Crippen LogP contribution in [0.15, 0.2) is 36.8 Å². The maximum atomic E-state index is 11.3. The number of thiophene rings is 1. The van der Waals surface area contributed by atoms with Gasteiger partial charge in [0, 0.05) is 17.1 Å². The Morgan fingerprint density at radius 3 is 3.00 bits per heavy atom. The Morgan fingerprint density at radius 1 is 1.25 bits per heavy atom. The summed E-state index contributed by atoms with van der Waals surface area (Å²) < 4.78 is 6.16. The maximum Gasteiger partial charge on any atom is 0.279 e. The number of aryl methyl sites for hydroxylation is 1. The molecule has 1 unspecified atom stereocenters. The number of benzene rings is 1. The van der Waals surface area contributed by atoms with Gasteiger partial charge >= 0.3 is 0 Å². The van der Waals surface area contributed by atoms with E-state index in [1.54, 1.807) is 35.7 Å². The van der Waals surface area contributed by atoms with Gasteiger partial charge < -0.3 is 4.74 Å². The van der Waals surface area contributed by atoms with E-state index in [9.17, 15) is 10.1 Å². The number of fused-ring (bicyclic) bond motifs is 4. The molecule has 3 heterocycles. The SMILES string of the molecule is CC1CCc2c(sc3ncnc(Oc4ccc([N+](=O)[O-])c5cccnc45)c23)C1. The van der Waals surface area contributed by atoms with E-state index in [1.807, 2.05) is 0 Å². The second-order valence-corrected chi connectivity index (χ2v) is 8.14. The van der Waals surface area contributed by atoms with Crippen LogP contribution in [0.25, 0.3) is 21.1 Å². The molecule has 1 aliphatic carbocycles. The third kappa shape index (κ3) is 2.68. The van der Waals surface area contributed by atoms with Gasteiger partial charge in [0.15, 0.2) is 5.75 Å². The van der Waals surface area contributed by atoms with Gasteiger partial charge in [-0.1, -0.05) is 6.92 Å². The highest BCUT2D eigenvalue weighted by Gasteiger charge is 2.24. The van der Waals surface area contributed by atoms with E-state index in [4.69, 9.17) is 4.74 Å². The van der Waals surface area contributed by atoms with E-state index in [2.05, 4.69) is 21.9 Å². The number of nitro benzene ring substituents is 1. The van der Waals surface area contributed by atoms with Crippen molar-refractivity contribution < 1.29 is 9.66 Å². The van der Waals surface area contributed by atoms with Gasteiger partial charge in [0.05, 0.1) is 15.7 Å². The average molecular weight is 392 g/mol. The predicted molar refractivity (Wildman–Crippen MR) is 107 cm³/mol. The minimum absolute atomic E-state index is 0.00480. The number of hydrogen-bond acceptors (Lipinski definition) is 7. The monoisotopic (exact) mass is 392 g/mol. The van der Waals surface area contributed by atoms with Gasteiger partial charge in [0.25, 0.3) is 5.69 Å². The molecule has 1 aromatic carbocycles. The fraction of sp³-hybridized carbons (Fsp3) is 0.250. The summed E-state index contributed by atoms with van der Waals surface area (Å²) >= 11 is 1.70. The Balaban J connectivity index is 1.66. The smallest absolute Gasteiger partial charge is 0.279 e. The third-order valence-electron chi connectivity index (χ3n) is 5.17. The third-order valence-corrected chi connectivity index (χ3v) is 6.33. The lowest BCUT2D eigenvalue weighted by atomic mass is 9.89. The van der Waals surface area contributed by atoms with E-state index in [0.717, 1.165) is 29.5 Å². The summed E-state index contributed by atoms with van der Waals surface area (Å²) in [7, 11) is 0. The van der Waals surface area contributed by atoms with E-state index in [1.165, 1.54) is 22.8 Å². The second kappa shape index (κ2) is 6.49. The highest BCUT2D eigenvalue weighted by Crippen LogP contribution is 2.42. The van der Waals surface area contributed by atoms with Crippen molar-refractivity contribution >= 4 is 38.1 Å². The number of ether oxygens (including phenoxy) is 1. The molecule has 0 saturated heterocycles. The van der Waals surface area contributed by atoms with Gasteiger partial charge in [0.1, 0.15) is 16.7 Å². The highest BCUT2D eigenvalue weighted by atomic mass is 32.1. The molecule has 5 rings (SSSR count). The molecule has 0 spiro atoms. The zero-order valence-electron chi connectivity index (χ0n) is 15.1. The van der Waals surface area contributed by atoms with Crippen LogP contribution in [-0.2, 0) is 12.8 Å². The van der Waals surface area contributed by atoms with Crippen molar-refractivity contribution in [3.05, 3.63) is 57.3 Å². The first-order valence-corrected chi connectivity index (χ1v) is 9.88. The highest BCUT2D eigenvalue weighted by molar-refractivity contribution is 7.18. The van der Waals surface area contributed by atoms with Crippen LogP contribution in [0.4, 0.5) is 5.69 Å². The molecule has 3 aromatic heterocycles. The lowest BCUT2D eigenvalue weighted by molar-refractivity contribution is -0.383. The van der Waals surface area contributed by atoms with Gasteiger partial charge in [0.2, 0.25) is 5.88 Å². The molecule has 0 aliphatic heterocycles. The Kier molecular flexibility index (Phi) is 3.94. The zero-order valence-corrected chi connectivity index (χ0v) is 15.9. The maximum absolute atomic E-state index is 11.3. The molecular formula is C20H16N4O3S. The molecule has 28 heavy (non-hydrogen) atoms. The van der Waals surface area contributed by atoms with Gasteiger partial charge in [-0.25, -0.2) is 9.97 Å². The predicted octanol–water partition coefficient (Wildman–Crippen LogP) is 5.06. The molecule has 0 bridgehead atoms. The molecule has 4 aromatic rings.